The minimum Gasteiger partial charge on any atom is -0.490 e. The molecule has 2 fully saturated rings. The summed E-state index contributed by atoms with van der Waals surface area (Å²) in [5.41, 5.74) is 1.10. The second-order valence-electron chi connectivity index (χ2n) is 7.32. The molecule has 2 aliphatic rings. The Balaban J connectivity index is 0.00000280. The van der Waals surface area contributed by atoms with Crippen LogP contribution in [0.1, 0.15) is 51.0 Å². The van der Waals surface area contributed by atoms with Gasteiger partial charge < -0.3 is 20.7 Å². The van der Waals surface area contributed by atoms with Crippen LogP contribution in [0.4, 0.5) is 0 Å². The summed E-state index contributed by atoms with van der Waals surface area (Å²) in [6.07, 6.45) is 7.23. The summed E-state index contributed by atoms with van der Waals surface area (Å²) in [6, 6.07) is 8.16. The van der Waals surface area contributed by atoms with Gasteiger partial charge in [-0.25, -0.2) is 4.99 Å². The van der Waals surface area contributed by atoms with Gasteiger partial charge in [0.25, 0.3) is 0 Å². The highest BCUT2D eigenvalue weighted by Crippen LogP contribution is 2.28. The fourth-order valence-electron chi connectivity index (χ4n) is 3.30. The molecule has 1 amide bonds. The van der Waals surface area contributed by atoms with Gasteiger partial charge in [-0.1, -0.05) is 18.2 Å². The Morgan fingerprint density at radius 3 is 2.50 bits per heavy atom. The van der Waals surface area contributed by atoms with Crippen molar-refractivity contribution in [1.29, 1.82) is 0 Å². The number of para-hydroxylation sites is 1. The molecule has 2 aliphatic carbocycles. The van der Waals surface area contributed by atoms with Crippen LogP contribution in [0.5, 0.6) is 5.75 Å². The first-order chi connectivity index (χ1) is 13.3. The SMILES string of the molecule is CCNC(=NCc1ccccc1OC1CCCC1)NCCNC(=O)C1CC1.I. The summed E-state index contributed by atoms with van der Waals surface area (Å²) < 4.78 is 6.19. The van der Waals surface area contributed by atoms with Crippen molar-refractivity contribution in [3.05, 3.63) is 29.8 Å². The number of amides is 1. The van der Waals surface area contributed by atoms with Crippen molar-refractivity contribution in [3.8, 4) is 5.75 Å². The highest BCUT2D eigenvalue weighted by Gasteiger charge is 2.28. The van der Waals surface area contributed by atoms with Crippen LogP contribution >= 0.6 is 24.0 Å². The third-order valence-corrected chi connectivity index (χ3v) is 4.98. The Morgan fingerprint density at radius 1 is 1.07 bits per heavy atom. The molecular formula is C21H33IN4O2. The van der Waals surface area contributed by atoms with Gasteiger partial charge in [-0.2, -0.15) is 0 Å². The number of hydrogen-bond donors (Lipinski definition) is 3. The van der Waals surface area contributed by atoms with Crippen LogP contribution in [0, 0.1) is 5.92 Å². The van der Waals surface area contributed by atoms with E-state index in [0.717, 1.165) is 49.5 Å². The van der Waals surface area contributed by atoms with Gasteiger partial charge in [0.2, 0.25) is 5.91 Å². The zero-order chi connectivity index (χ0) is 18.9. The lowest BCUT2D eigenvalue weighted by atomic mass is 10.2. The molecular weight excluding hydrogens is 467 g/mol. The number of guanidine groups is 1. The van der Waals surface area contributed by atoms with Gasteiger partial charge in [-0.15, -0.1) is 24.0 Å². The molecule has 2 saturated carbocycles. The van der Waals surface area contributed by atoms with E-state index in [4.69, 9.17) is 4.74 Å². The van der Waals surface area contributed by atoms with E-state index in [0.29, 0.717) is 25.7 Å². The number of benzene rings is 1. The lowest BCUT2D eigenvalue weighted by Gasteiger charge is -2.16. The lowest BCUT2D eigenvalue weighted by molar-refractivity contribution is -0.122. The fourth-order valence-corrected chi connectivity index (χ4v) is 3.30. The zero-order valence-corrected chi connectivity index (χ0v) is 19.0. The predicted octanol–water partition coefficient (Wildman–Crippen LogP) is 3.21. The molecule has 28 heavy (non-hydrogen) atoms. The van der Waals surface area contributed by atoms with Crippen molar-refractivity contribution in [2.24, 2.45) is 10.9 Å². The Morgan fingerprint density at radius 2 is 1.79 bits per heavy atom. The van der Waals surface area contributed by atoms with Crippen LogP contribution in [0.3, 0.4) is 0 Å². The molecule has 7 heteroatoms. The molecule has 156 valence electrons. The Bertz CT molecular complexity index is 643. The molecule has 0 atom stereocenters. The highest BCUT2D eigenvalue weighted by molar-refractivity contribution is 14.0. The van der Waals surface area contributed by atoms with Crippen LogP contribution in [0.15, 0.2) is 29.3 Å². The van der Waals surface area contributed by atoms with Crippen molar-refractivity contribution >= 4 is 35.8 Å². The van der Waals surface area contributed by atoms with Gasteiger partial charge in [0.05, 0.1) is 12.6 Å². The highest BCUT2D eigenvalue weighted by atomic mass is 127. The molecule has 0 radical (unpaired) electrons. The van der Waals surface area contributed by atoms with Gasteiger partial charge in [0.15, 0.2) is 5.96 Å². The number of rotatable bonds is 9. The minimum absolute atomic E-state index is 0. The van der Waals surface area contributed by atoms with Crippen LogP contribution in [0.25, 0.3) is 0 Å². The first-order valence-corrected chi connectivity index (χ1v) is 10.3. The van der Waals surface area contributed by atoms with Crippen molar-refractivity contribution in [2.45, 2.75) is 58.1 Å². The van der Waals surface area contributed by atoms with Gasteiger partial charge >= 0.3 is 0 Å². The van der Waals surface area contributed by atoms with Gasteiger partial charge in [-0.05, 0) is 51.5 Å². The Kier molecular flexibility index (Phi) is 9.87. The molecule has 0 aromatic heterocycles. The van der Waals surface area contributed by atoms with E-state index in [-0.39, 0.29) is 35.8 Å². The second-order valence-corrected chi connectivity index (χ2v) is 7.32. The average molecular weight is 500 g/mol. The number of aliphatic imine (C=N–C) groups is 1. The molecule has 3 rings (SSSR count). The molecule has 0 spiro atoms. The molecule has 0 heterocycles. The average Bonchev–Trinajstić information content (AvgIpc) is 3.41. The number of carbonyl (C=O) groups excluding carboxylic acids is 1. The number of nitrogens with one attached hydrogen (secondary N) is 3. The summed E-state index contributed by atoms with van der Waals surface area (Å²) in [6.45, 7) is 4.67. The summed E-state index contributed by atoms with van der Waals surface area (Å²) in [4.78, 5) is 16.4. The number of ether oxygens (including phenoxy) is 1. The topological polar surface area (TPSA) is 74.8 Å². The molecule has 0 bridgehead atoms. The summed E-state index contributed by atoms with van der Waals surface area (Å²) >= 11 is 0. The number of nitrogens with zero attached hydrogens (tertiary/aromatic N) is 1. The summed E-state index contributed by atoms with van der Waals surface area (Å²) in [7, 11) is 0. The Hall–Kier alpha value is -1.51. The predicted molar refractivity (Wildman–Crippen MR) is 123 cm³/mol. The third-order valence-electron chi connectivity index (χ3n) is 4.98. The largest absolute Gasteiger partial charge is 0.490 e. The lowest BCUT2D eigenvalue weighted by Crippen LogP contribution is -2.41. The third kappa shape index (κ3) is 7.48. The second kappa shape index (κ2) is 12.1. The number of hydrogen-bond acceptors (Lipinski definition) is 3. The number of carbonyl (C=O) groups is 1. The Labute approximate surface area is 185 Å². The summed E-state index contributed by atoms with van der Waals surface area (Å²) in [5, 5.41) is 9.50. The number of halogens is 1. The van der Waals surface area contributed by atoms with E-state index in [2.05, 4.69) is 27.0 Å². The zero-order valence-electron chi connectivity index (χ0n) is 16.7. The van der Waals surface area contributed by atoms with Gasteiger partial charge in [0, 0.05) is 31.1 Å². The molecule has 0 unspecified atom stereocenters. The maximum Gasteiger partial charge on any atom is 0.223 e. The normalized spacial score (nSPS) is 17.0. The van der Waals surface area contributed by atoms with Crippen molar-refractivity contribution < 1.29 is 9.53 Å². The van der Waals surface area contributed by atoms with Crippen LogP contribution < -0.4 is 20.7 Å². The van der Waals surface area contributed by atoms with Gasteiger partial charge in [-0.3, -0.25) is 4.79 Å². The molecule has 1 aromatic rings. The molecule has 3 N–H and O–H groups in total. The van der Waals surface area contributed by atoms with Crippen LogP contribution in [-0.2, 0) is 11.3 Å². The quantitative estimate of drug-likeness (QED) is 0.211. The molecule has 0 saturated heterocycles. The van der Waals surface area contributed by atoms with Gasteiger partial charge in [0.1, 0.15) is 5.75 Å². The van der Waals surface area contributed by atoms with Crippen LogP contribution in [-0.4, -0.2) is 37.6 Å². The van der Waals surface area contributed by atoms with Crippen molar-refractivity contribution in [1.82, 2.24) is 16.0 Å². The first-order valence-electron chi connectivity index (χ1n) is 10.3. The van der Waals surface area contributed by atoms with Crippen molar-refractivity contribution in [2.75, 3.05) is 19.6 Å². The minimum atomic E-state index is 0. The maximum absolute atomic E-state index is 11.7. The molecule has 0 aliphatic heterocycles. The van der Waals surface area contributed by atoms with E-state index >= 15 is 0 Å². The van der Waals surface area contributed by atoms with E-state index in [9.17, 15) is 4.79 Å². The fraction of sp³-hybridized carbons (Fsp3) is 0.619. The van der Waals surface area contributed by atoms with Crippen molar-refractivity contribution in [3.63, 3.8) is 0 Å². The molecule has 6 nitrogen and oxygen atoms in total. The molecule has 1 aromatic carbocycles. The van der Waals surface area contributed by atoms with E-state index in [1.165, 1.54) is 12.8 Å². The first kappa shape index (κ1) is 22.8. The standard InChI is InChI=1S/C21H32N4O2.HI/c1-2-22-21(24-14-13-23-20(26)16-11-12-16)25-15-17-7-3-6-10-19(17)27-18-8-4-5-9-18;/h3,6-7,10,16,18H,2,4-5,8-9,11-15H2,1H3,(H,23,26)(H2,22,24,25);1H. The van der Waals surface area contributed by atoms with Crippen LogP contribution in [0.2, 0.25) is 0 Å². The van der Waals surface area contributed by atoms with E-state index < -0.39 is 0 Å². The van der Waals surface area contributed by atoms with E-state index in [1.807, 2.05) is 25.1 Å². The smallest absolute Gasteiger partial charge is 0.223 e. The van der Waals surface area contributed by atoms with E-state index in [1.54, 1.807) is 0 Å². The maximum atomic E-state index is 11.7. The summed E-state index contributed by atoms with van der Waals surface area (Å²) in [5.74, 6) is 2.13. The monoisotopic (exact) mass is 500 g/mol.